The molecule has 0 N–H and O–H groups in total. The van der Waals surface area contributed by atoms with Crippen LogP contribution < -0.4 is 9.64 Å². The molecule has 7 nitrogen and oxygen atoms in total. The molecule has 0 saturated carbocycles. The van der Waals surface area contributed by atoms with E-state index >= 15 is 0 Å². The molecule has 186 valence electrons. The SMILES string of the molecule is CCC(=O)N1C2CC(CN(c3ccc(Oc4ccc(C)cc4)cc3)C2)N1C(=O)OCc1ccccc1. The fourth-order valence-corrected chi connectivity index (χ4v) is 4.94. The van der Waals surface area contributed by atoms with Gasteiger partial charge in [-0.15, -0.1) is 0 Å². The summed E-state index contributed by atoms with van der Waals surface area (Å²) in [7, 11) is 0. The Balaban J connectivity index is 1.29. The molecule has 2 aliphatic heterocycles. The van der Waals surface area contributed by atoms with Crippen LogP contribution in [0.15, 0.2) is 78.9 Å². The lowest BCUT2D eigenvalue weighted by Gasteiger charge is -2.32. The van der Waals surface area contributed by atoms with E-state index in [9.17, 15) is 9.59 Å². The maximum atomic E-state index is 13.1. The minimum absolute atomic E-state index is 0.0668. The number of rotatable bonds is 6. The number of benzene rings is 3. The minimum Gasteiger partial charge on any atom is -0.457 e. The van der Waals surface area contributed by atoms with Crippen LogP contribution in [0.1, 0.15) is 30.9 Å². The molecule has 0 spiro atoms. The van der Waals surface area contributed by atoms with Crippen molar-refractivity contribution in [2.45, 2.75) is 45.4 Å². The number of ether oxygens (including phenoxy) is 2. The monoisotopic (exact) mass is 485 g/mol. The first-order chi connectivity index (χ1) is 17.5. The van der Waals surface area contributed by atoms with Crippen molar-refractivity contribution in [3.05, 3.63) is 90.0 Å². The third-order valence-electron chi connectivity index (χ3n) is 6.74. The summed E-state index contributed by atoms with van der Waals surface area (Å²) in [6.45, 7) is 5.33. The Morgan fingerprint density at radius 3 is 2.08 bits per heavy atom. The third-order valence-corrected chi connectivity index (χ3v) is 6.74. The fourth-order valence-electron chi connectivity index (χ4n) is 4.94. The lowest BCUT2D eigenvalue weighted by atomic mass is 10.0. The molecule has 2 atom stereocenters. The van der Waals surface area contributed by atoms with Gasteiger partial charge in [-0.2, -0.15) is 0 Å². The van der Waals surface area contributed by atoms with Crippen molar-refractivity contribution < 1.29 is 19.1 Å². The Morgan fingerprint density at radius 1 is 0.833 bits per heavy atom. The van der Waals surface area contributed by atoms with Crippen molar-refractivity contribution in [1.29, 1.82) is 0 Å². The second-order valence-electron chi connectivity index (χ2n) is 9.33. The number of hydrogen-bond donors (Lipinski definition) is 0. The van der Waals surface area contributed by atoms with E-state index < -0.39 is 6.09 Å². The molecule has 2 aliphatic rings. The van der Waals surface area contributed by atoms with Gasteiger partial charge in [0.15, 0.2) is 0 Å². The van der Waals surface area contributed by atoms with Crippen molar-refractivity contribution in [3.63, 3.8) is 0 Å². The Morgan fingerprint density at radius 2 is 1.44 bits per heavy atom. The number of carbonyl (C=O) groups excluding carboxylic acids is 2. The van der Waals surface area contributed by atoms with Crippen LogP contribution >= 0.6 is 0 Å². The van der Waals surface area contributed by atoms with Crippen LogP contribution in [-0.2, 0) is 16.1 Å². The van der Waals surface area contributed by atoms with Gasteiger partial charge in [0, 0.05) is 25.2 Å². The van der Waals surface area contributed by atoms with Crippen LogP contribution in [0.5, 0.6) is 11.5 Å². The number of anilines is 1. The first-order valence-corrected chi connectivity index (χ1v) is 12.4. The van der Waals surface area contributed by atoms with Crippen molar-refractivity contribution in [2.24, 2.45) is 0 Å². The highest BCUT2D eigenvalue weighted by Gasteiger charge is 2.49. The highest BCUT2D eigenvalue weighted by atomic mass is 16.6. The lowest BCUT2D eigenvalue weighted by Crippen LogP contribution is -2.50. The van der Waals surface area contributed by atoms with Gasteiger partial charge in [0.1, 0.15) is 18.1 Å². The maximum Gasteiger partial charge on any atom is 0.429 e. The summed E-state index contributed by atoms with van der Waals surface area (Å²) in [6, 6.07) is 25.3. The molecular formula is C29H31N3O4. The van der Waals surface area contributed by atoms with E-state index in [4.69, 9.17) is 9.47 Å². The van der Waals surface area contributed by atoms with Gasteiger partial charge in [-0.05, 0) is 55.3 Å². The average Bonchev–Trinajstić information content (AvgIpc) is 3.18. The minimum atomic E-state index is -0.475. The van der Waals surface area contributed by atoms with E-state index in [1.807, 2.05) is 92.7 Å². The van der Waals surface area contributed by atoms with Crippen LogP contribution in [0.2, 0.25) is 0 Å². The number of aryl methyl sites for hydroxylation is 1. The van der Waals surface area contributed by atoms with Gasteiger partial charge < -0.3 is 14.4 Å². The highest BCUT2D eigenvalue weighted by Crippen LogP contribution is 2.35. The Hall–Kier alpha value is -4.00. The van der Waals surface area contributed by atoms with Crippen LogP contribution in [0.25, 0.3) is 0 Å². The normalized spacial score (nSPS) is 18.8. The first kappa shape index (κ1) is 23.7. The number of carbonyl (C=O) groups is 2. The van der Waals surface area contributed by atoms with Crippen LogP contribution in [0.3, 0.4) is 0 Å². The summed E-state index contributed by atoms with van der Waals surface area (Å²) in [5.74, 6) is 1.49. The van der Waals surface area contributed by atoms with E-state index in [-0.39, 0.29) is 24.6 Å². The first-order valence-electron chi connectivity index (χ1n) is 12.4. The zero-order valence-corrected chi connectivity index (χ0v) is 20.7. The Kier molecular flexibility index (Phi) is 6.80. The molecule has 3 aromatic rings. The van der Waals surface area contributed by atoms with Gasteiger partial charge in [0.05, 0.1) is 12.1 Å². The third kappa shape index (κ3) is 5.00. The van der Waals surface area contributed by atoms with Crippen molar-refractivity contribution >= 4 is 17.7 Å². The highest BCUT2D eigenvalue weighted by molar-refractivity contribution is 5.80. The number of nitrogens with zero attached hydrogens (tertiary/aromatic N) is 3. The summed E-state index contributed by atoms with van der Waals surface area (Å²) in [5, 5.41) is 3.18. The Labute approximate surface area is 211 Å². The molecule has 36 heavy (non-hydrogen) atoms. The molecule has 2 amide bonds. The quantitative estimate of drug-likeness (QED) is 0.459. The fraction of sp³-hybridized carbons (Fsp3) is 0.310. The lowest BCUT2D eigenvalue weighted by molar-refractivity contribution is -0.145. The molecule has 2 saturated heterocycles. The summed E-state index contributed by atoms with van der Waals surface area (Å²) in [4.78, 5) is 28.3. The predicted octanol–water partition coefficient (Wildman–Crippen LogP) is 5.54. The van der Waals surface area contributed by atoms with Crippen molar-refractivity contribution in [1.82, 2.24) is 10.0 Å². The second-order valence-corrected chi connectivity index (χ2v) is 9.33. The topological polar surface area (TPSA) is 62.3 Å². The molecule has 0 aromatic heterocycles. The molecule has 5 rings (SSSR count). The maximum absolute atomic E-state index is 13.1. The van der Waals surface area contributed by atoms with E-state index in [0.29, 0.717) is 19.5 Å². The smallest absolute Gasteiger partial charge is 0.429 e. The molecule has 2 unspecified atom stereocenters. The number of fused-ring (bicyclic) bond motifs is 2. The number of hydrogen-bond acceptors (Lipinski definition) is 5. The van der Waals surface area contributed by atoms with Crippen LogP contribution in [0, 0.1) is 6.92 Å². The zero-order valence-electron chi connectivity index (χ0n) is 20.7. The van der Waals surface area contributed by atoms with Gasteiger partial charge in [0.25, 0.3) is 0 Å². The molecule has 3 aromatic carbocycles. The van der Waals surface area contributed by atoms with Gasteiger partial charge >= 0.3 is 6.09 Å². The van der Waals surface area contributed by atoms with Crippen molar-refractivity contribution in [3.8, 4) is 11.5 Å². The molecule has 0 radical (unpaired) electrons. The molecule has 2 bridgehead atoms. The summed E-state index contributed by atoms with van der Waals surface area (Å²) in [5.41, 5.74) is 3.13. The molecular weight excluding hydrogens is 454 g/mol. The van der Waals surface area contributed by atoms with Crippen LogP contribution in [-0.4, -0.2) is 47.2 Å². The van der Waals surface area contributed by atoms with Crippen molar-refractivity contribution in [2.75, 3.05) is 18.0 Å². The van der Waals surface area contributed by atoms with E-state index in [0.717, 1.165) is 29.2 Å². The summed E-state index contributed by atoms with van der Waals surface area (Å²) >= 11 is 0. The average molecular weight is 486 g/mol. The van der Waals surface area contributed by atoms with Crippen LogP contribution in [0.4, 0.5) is 10.5 Å². The molecule has 7 heteroatoms. The molecule has 2 fully saturated rings. The predicted molar refractivity (Wildman–Crippen MR) is 138 cm³/mol. The van der Waals surface area contributed by atoms with Gasteiger partial charge in [-0.25, -0.2) is 14.8 Å². The number of amides is 2. The van der Waals surface area contributed by atoms with Gasteiger partial charge in [-0.3, -0.25) is 4.79 Å². The van der Waals surface area contributed by atoms with E-state index in [2.05, 4.69) is 4.90 Å². The standard InChI is InChI=1S/C29H31N3O4/c1-3-28(33)31-24-17-25(32(31)29(34)35-20-22-7-5-4-6-8-22)19-30(18-24)23-11-15-27(16-12-23)36-26-13-9-21(2)10-14-26/h4-16,24-25H,3,17-20H2,1-2H3. The summed E-state index contributed by atoms with van der Waals surface area (Å²) < 4.78 is 11.6. The zero-order chi connectivity index (χ0) is 25.1. The number of piperidine rings is 1. The molecule has 0 aliphatic carbocycles. The van der Waals surface area contributed by atoms with Gasteiger partial charge in [-0.1, -0.05) is 55.0 Å². The van der Waals surface area contributed by atoms with E-state index in [1.54, 1.807) is 10.0 Å². The Bertz CT molecular complexity index is 1200. The summed E-state index contributed by atoms with van der Waals surface area (Å²) in [6.07, 6.45) is 0.602. The molecule has 2 heterocycles. The van der Waals surface area contributed by atoms with E-state index in [1.165, 1.54) is 5.56 Å². The largest absolute Gasteiger partial charge is 0.457 e. The van der Waals surface area contributed by atoms with Gasteiger partial charge in [0.2, 0.25) is 5.91 Å². The number of hydrazine groups is 1. The second kappa shape index (κ2) is 10.3.